The molecule has 134 valence electrons. The molecule has 7 nitrogen and oxygen atoms in total. The van der Waals surface area contributed by atoms with Crippen LogP contribution >= 0.6 is 0 Å². The summed E-state index contributed by atoms with van der Waals surface area (Å²) in [5.41, 5.74) is 1.16. The van der Waals surface area contributed by atoms with Crippen LogP contribution in [-0.4, -0.2) is 36.5 Å². The molecule has 1 fully saturated rings. The molecule has 1 heterocycles. The number of carbonyl (C=O) groups excluding carboxylic acids is 2. The summed E-state index contributed by atoms with van der Waals surface area (Å²) in [7, 11) is 1.55. The Bertz CT molecular complexity index is 865. The Morgan fingerprint density at radius 2 is 1.96 bits per heavy atom. The van der Waals surface area contributed by atoms with Crippen molar-refractivity contribution < 1.29 is 24.2 Å². The third-order valence-corrected chi connectivity index (χ3v) is 4.24. The fourth-order valence-corrected chi connectivity index (χ4v) is 2.89. The van der Waals surface area contributed by atoms with Crippen molar-refractivity contribution in [3.05, 3.63) is 54.1 Å². The van der Waals surface area contributed by atoms with Gasteiger partial charge in [0.05, 0.1) is 18.6 Å². The summed E-state index contributed by atoms with van der Waals surface area (Å²) in [6.07, 6.45) is 0.0989. The molecule has 1 aliphatic heterocycles. The highest BCUT2D eigenvalue weighted by atomic mass is 16.5. The van der Waals surface area contributed by atoms with Gasteiger partial charge in [-0.15, -0.1) is 0 Å². The van der Waals surface area contributed by atoms with Crippen LogP contribution in [0, 0.1) is 5.92 Å². The molecule has 1 saturated heterocycles. The van der Waals surface area contributed by atoms with E-state index in [1.165, 1.54) is 12.1 Å². The van der Waals surface area contributed by atoms with Crippen LogP contribution in [0.3, 0.4) is 0 Å². The number of anilines is 2. The Hall–Kier alpha value is -3.35. The number of rotatable bonds is 5. The third kappa shape index (κ3) is 3.66. The van der Waals surface area contributed by atoms with Crippen LogP contribution in [0.2, 0.25) is 0 Å². The SMILES string of the molecule is COc1cccc(N2CC(C(=O)Nc3cccc(C(=O)O)c3)CC2=O)c1. The zero-order chi connectivity index (χ0) is 18.7. The highest BCUT2D eigenvalue weighted by molar-refractivity contribution is 6.04. The summed E-state index contributed by atoms with van der Waals surface area (Å²) in [4.78, 5) is 37.4. The molecule has 1 unspecified atom stereocenters. The average molecular weight is 354 g/mol. The monoisotopic (exact) mass is 354 g/mol. The van der Waals surface area contributed by atoms with Crippen LogP contribution in [0.4, 0.5) is 11.4 Å². The lowest BCUT2D eigenvalue weighted by atomic mass is 10.1. The molecule has 1 aliphatic rings. The minimum atomic E-state index is -1.07. The van der Waals surface area contributed by atoms with Gasteiger partial charge in [0.2, 0.25) is 11.8 Å². The number of amides is 2. The number of nitrogens with one attached hydrogen (secondary N) is 1. The molecular weight excluding hydrogens is 336 g/mol. The Morgan fingerprint density at radius 3 is 2.69 bits per heavy atom. The predicted octanol–water partition coefficient (Wildman–Crippen LogP) is 2.39. The van der Waals surface area contributed by atoms with Crippen molar-refractivity contribution in [2.75, 3.05) is 23.9 Å². The van der Waals surface area contributed by atoms with Crippen molar-refractivity contribution in [3.8, 4) is 5.75 Å². The maximum Gasteiger partial charge on any atom is 0.335 e. The summed E-state index contributed by atoms with van der Waals surface area (Å²) >= 11 is 0. The molecule has 2 N–H and O–H groups in total. The van der Waals surface area contributed by atoms with Gasteiger partial charge in [-0.1, -0.05) is 12.1 Å². The van der Waals surface area contributed by atoms with E-state index >= 15 is 0 Å². The maximum absolute atomic E-state index is 12.5. The molecule has 0 aromatic heterocycles. The molecule has 3 rings (SSSR count). The number of carboxylic acid groups (broad SMARTS) is 1. The van der Waals surface area contributed by atoms with Gasteiger partial charge >= 0.3 is 5.97 Å². The predicted molar refractivity (Wildman–Crippen MR) is 95.5 cm³/mol. The lowest BCUT2D eigenvalue weighted by Gasteiger charge is -2.17. The van der Waals surface area contributed by atoms with Crippen molar-refractivity contribution in [1.29, 1.82) is 0 Å². The van der Waals surface area contributed by atoms with Crippen molar-refractivity contribution in [2.24, 2.45) is 5.92 Å². The molecule has 0 spiro atoms. The van der Waals surface area contributed by atoms with Crippen LogP contribution in [0.25, 0.3) is 0 Å². The first-order valence-electron chi connectivity index (χ1n) is 8.06. The van der Waals surface area contributed by atoms with E-state index in [0.29, 0.717) is 17.1 Å². The first-order chi connectivity index (χ1) is 12.5. The van der Waals surface area contributed by atoms with E-state index in [2.05, 4.69) is 5.32 Å². The summed E-state index contributed by atoms with van der Waals surface area (Å²) in [5, 5.41) is 11.7. The smallest absolute Gasteiger partial charge is 0.335 e. The van der Waals surface area contributed by atoms with E-state index in [0.717, 1.165) is 0 Å². The number of aromatic carboxylic acids is 1. The van der Waals surface area contributed by atoms with Gasteiger partial charge in [-0.3, -0.25) is 9.59 Å². The van der Waals surface area contributed by atoms with Crippen molar-refractivity contribution in [1.82, 2.24) is 0 Å². The standard InChI is InChI=1S/C19H18N2O5/c1-26-16-7-3-6-15(10-16)21-11-13(9-17(21)22)18(23)20-14-5-2-4-12(8-14)19(24)25/h2-8,10,13H,9,11H2,1H3,(H,20,23)(H,24,25). The molecule has 0 radical (unpaired) electrons. The first kappa shape index (κ1) is 17.5. The topological polar surface area (TPSA) is 95.9 Å². The summed E-state index contributed by atoms with van der Waals surface area (Å²) < 4.78 is 5.17. The first-order valence-corrected chi connectivity index (χ1v) is 8.06. The zero-order valence-electron chi connectivity index (χ0n) is 14.1. The molecule has 26 heavy (non-hydrogen) atoms. The van der Waals surface area contributed by atoms with Crippen LogP contribution in [-0.2, 0) is 9.59 Å². The Kier molecular flexibility index (Phi) is 4.88. The largest absolute Gasteiger partial charge is 0.497 e. The molecular formula is C19H18N2O5. The Labute approximate surface area is 150 Å². The van der Waals surface area contributed by atoms with Crippen LogP contribution in [0.15, 0.2) is 48.5 Å². The Morgan fingerprint density at radius 1 is 1.19 bits per heavy atom. The number of carboxylic acids is 1. The second kappa shape index (κ2) is 7.26. The van der Waals surface area contributed by atoms with Crippen molar-refractivity contribution in [2.45, 2.75) is 6.42 Å². The van der Waals surface area contributed by atoms with E-state index in [-0.39, 0.29) is 30.3 Å². The molecule has 1 atom stereocenters. The molecule has 2 aromatic rings. The molecule has 0 aliphatic carbocycles. The lowest BCUT2D eigenvalue weighted by Crippen LogP contribution is -2.28. The highest BCUT2D eigenvalue weighted by Gasteiger charge is 2.35. The number of benzene rings is 2. The second-order valence-electron chi connectivity index (χ2n) is 5.98. The summed E-state index contributed by atoms with van der Waals surface area (Å²) in [6.45, 7) is 0.260. The van der Waals surface area contributed by atoms with E-state index in [4.69, 9.17) is 9.84 Å². The third-order valence-electron chi connectivity index (χ3n) is 4.24. The second-order valence-corrected chi connectivity index (χ2v) is 5.98. The minimum Gasteiger partial charge on any atom is -0.497 e. The number of methoxy groups -OCH3 is 1. The minimum absolute atomic E-state index is 0.0864. The van der Waals surface area contributed by atoms with Gasteiger partial charge in [0, 0.05) is 30.4 Å². The number of ether oxygens (including phenoxy) is 1. The average Bonchev–Trinajstić information content (AvgIpc) is 3.04. The zero-order valence-corrected chi connectivity index (χ0v) is 14.1. The van der Waals surface area contributed by atoms with Gasteiger partial charge in [-0.05, 0) is 30.3 Å². The lowest BCUT2D eigenvalue weighted by molar-refractivity contribution is -0.122. The van der Waals surface area contributed by atoms with Gasteiger partial charge in [-0.2, -0.15) is 0 Å². The molecule has 0 saturated carbocycles. The summed E-state index contributed by atoms with van der Waals surface area (Å²) in [5.74, 6) is -1.40. The molecule has 0 bridgehead atoms. The Balaban J connectivity index is 1.71. The normalized spacial score (nSPS) is 16.4. The maximum atomic E-state index is 12.5. The van der Waals surface area contributed by atoms with Gasteiger partial charge in [0.25, 0.3) is 0 Å². The highest BCUT2D eigenvalue weighted by Crippen LogP contribution is 2.28. The van der Waals surface area contributed by atoms with Gasteiger partial charge in [0.1, 0.15) is 5.75 Å². The van der Waals surface area contributed by atoms with E-state index in [9.17, 15) is 14.4 Å². The fourth-order valence-electron chi connectivity index (χ4n) is 2.89. The van der Waals surface area contributed by atoms with Gasteiger partial charge in [0.15, 0.2) is 0 Å². The fraction of sp³-hybridized carbons (Fsp3) is 0.211. The quantitative estimate of drug-likeness (QED) is 0.859. The van der Waals surface area contributed by atoms with E-state index in [1.807, 2.05) is 0 Å². The van der Waals surface area contributed by atoms with Gasteiger partial charge in [-0.25, -0.2) is 4.79 Å². The molecule has 2 aromatic carbocycles. The van der Waals surface area contributed by atoms with E-state index in [1.54, 1.807) is 48.4 Å². The van der Waals surface area contributed by atoms with Crippen LogP contribution in [0.1, 0.15) is 16.8 Å². The molecule has 7 heteroatoms. The van der Waals surface area contributed by atoms with Gasteiger partial charge < -0.3 is 20.1 Å². The number of hydrogen-bond acceptors (Lipinski definition) is 4. The summed E-state index contributed by atoms with van der Waals surface area (Å²) in [6, 6.07) is 13.1. The van der Waals surface area contributed by atoms with Crippen molar-refractivity contribution >= 4 is 29.2 Å². The molecule has 2 amide bonds. The van der Waals surface area contributed by atoms with E-state index < -0.39 is 11.9 Å². The number of hydrogen-bond donors (Lipinski definition) is 2. The van der Waals surface area contributed by atoms with Crippen LogP contribution in [0.5, 0.6) is 5.75 Å². The number of nitrogens with zero attached hydrogens (tertiary/aromatic N) is 1. The van der Waals surface area contributed by atoms with Crippen molar-refractivity contribution in [3.63, 3.8) is 0 Å². The number of carbonyl (C=O) groups is 3. The van der Waals surface area contributed by atoms with Crippen LogP contribution < -0.4 is 15.0 Å².